The van der Waals surface area contributed by atoms with Crippen molar-refractivity contribution in [2.24, 2.45) is 0 Å². The van der Waals surface area contributed by atoms with E-state index in [1.807, 2.05) is 0 Å². The molecule has 0 radical (unpaired) electrons. The average molecular weight is 357 g/mol. The minimum absolute atomic E-state index is 0.0854. The lowest BCUT2D eigenvalue weighted by Gasteiger charge is -2.14. The maximum absolute atomic E-state index is 13.0. The molecule has 9 heteroatoms. The molecule has 0 unspecified atom stereocenters. The number of amides is 1. The molecule has 0 atom stereocenters. The first-order valence-corrected chi connectivity index (χ1v) is 7.04. The van der Waals surface area contributed by atoms with Gasteiger partial charge in [0.1, 0.15) is 11.5 Å². The van der Waals surface area contributed by atoms with E-state index in [4.69, 9.17) is 11.6 Å². The first-order chi connectivity index (χ1) is 11.3. The first kappa shape index (κ1) is 17.7. The van der Waals surface area contributed by atoms with E-state index in [1.165, 1.54) is 12.3 Å². The van der Waals surface area contributed by atoms with Crippen LogP contribution in [0.15, 0.2) is 43.2 Å². The summed E-state index contributed by atoms with van der Waals surface area (Å²) in [7, 11) is 0. The highest BCUT2D eigenvalue weighted by molar-refractivity contribution is 6.30. The number of anilines is 2. The molecule has 0 aliphatic carbocycles. The Morgan fingerprint density at radius 3 is 2.62 bits per heavy atom. The summed E-state index contributed by atoms with van der Waals surface area (Å²) in [5.41, 5.74) is -1.57. The Morgan fingerprint density at radius 2 is 2.04 bits per heavy atom. The molecule has 0 saturated heterocycles. The average Bonchev–Trinajstić information content (AvgIpc) is 2.54. The fraction of sp³-hybridized carbons (Fsp3) is 0.133. The lowest BCUT2D eigenvalue weighted by molar-refractivity contribution is -0.136. The van der Waals surface area contributed by atoms with Crippen LogP contribution in [0.4, 0.5) is 24.7 Å². The summed E-state index contributed by atoms with van der Waals surface area (Å²) in [6.07, 6.45) is -0.589. The van der Waals surface area contributed by atoms with Crippen LogP contribution in [-0.4, -0.2) is 22.4 Å². The quantitative estimate of drug-likeness (QED) is 0.795. The third-order valence-electron chi connectivity index (χ3n) is 2.85. The molecule has 1 amide bonds. The predicted octanol–water partition coefficient (Wildman–Crippen LogP) is 4.00. The van der Waals surface area contributed by atoms with Crippen LogP contribution in [-0.2, 0) is 6.18 Å². The molecule has 2 aromatic rings. The van der Waals surface area contributed by atoms with Gasteiger partial charge in [-0.3, -0.25) is 4.79 Å². The van der Waals surface area contributed by atoms with Crippen LogP contribution in [0.25, 0.3) is 0 Å². The Balaban J connectivity index is 2.19. The fourth-order valence-corrected chi connectivity index (χ4v) is 1.93. The van der Waals surface area contributed by atoms with Crippen molar-refractivity contribution in [3.63, 3.8) is 0 Å². The molecule has 0 bridgehead atoms. The smallest absolute Gasteiger partial charge is 0.365 e. The van der Waals surface area contributed by atoms with Crippen LogP contribution in [0.1, 0.15) is 16.1 Å². The van der Waals surface area contributed by atoms with E-state index < -0.39 is 23.3 Å². The van der Waals surface area contributed by atoms with Gasteiger partial charge < -0.3 is 10.6 Å². The standard InChI is InChI=1S/C15H12ClF3N4O/c1-2-5-20-13-8-21-12(7-22-13)14(24)23-11-4-3-9(16)6-10(11)15(17,18)19/h2-4,6-8H,1,5H2,(H,20,22)(H,23,24). The second-order valence-corrected chi connectivity index (χ2v) is 5.03. The third-order valence-corrected chi connectivity index (χ3v) is 3.08. The van der Waals surface area contributed by atoms with Crippen molar-refractivity contribution in [1.29, 1.82) is 0 Å². The number of aromatic nitrogens is 2. The van der Waals surface area contributed by atoms with Crippen LogP contribution in [0.2, 0.25) is 5.02 Å². The van der Waals surface area contributed by atoms with E-state index in [0.29, 0.717) is 12.4 Å². The molecular formula is C15H12ClF3N4O. The molecule has 126 valence electrons. The summed E-state index contributed by atoms with van der Waals surface area (Å²) in [5, 5.41) is 4.94. The number of rotatable bonds is 5. The van der Waals surface area contributed by atoms with Gasteiger partial charge in [-0.2, -0.15) is 13.2 Å². The second-order valence-electron chi connectivity index (χ2n) is 4.60. The van der Waals surface area contributed by atoms with Crippen LogP contribution >= 0.6 is 11.6 Å². The van der Waals surface area contributed by atoms with Crippen molar-refractivity contribution >= 4 is 29.0 Å². The molecule has 0 spiro atoms. The molecule has 24 heavy (non-hydrogen) atoms. The highest BCUT2D eigenvalue weighted by Gasteiger charge is 2.34. The van der Waals surface area contributed by atoms with Crippen molar-refractivity contribution in [3.05, 3.63) is 59.5 Å². The molecule has 1 aromatic heterocycles. The van der Waals surface area contributed by atoms with Crippen LogP contribution < -0.4 is 10.6 Å². The number of hydrogen-bond acceptors (Lipinski definition) is 4. The first-order valence-electron chi connectivity index (χ1n) is 6.66. The summed E-state index contributed by atoms with van der Waals surface area (Å²) in [5.74, 6) is -0.403. The summed E-state index contributed by atoms with van der Waals surface area (Å²) in [4.78, 5) is 19.9. The van der Waals surface area contributed by atoms with Crippen molar-refractivity contribution in [3.8, 4) is 0 Å². The van der Waals surface area contributed by atoms with Crippen molar-refractivity contribution in [2.75, 3.05) is 17.2 Å². The normalized spacial score (nSPS) is 11.0. The summed E-state index contributed by atoms with van der Waals surface area (Å²) in [6.45, 7) is 3.98. The van der Waals surface area contributed by atoms with Crippen LogP contribution in [0.3, 0.4) is 0 Å². The van der Waals surface area contributed by atoms with E-state index in [2.05, 4.69) is 27.2 Å². The zero-order valence-corrected chi connectivity index (χ0v) is 12.9. The van der Waals surface area contributed by atoms with Gasteiger partial charge in [-0.15, -0.1) is 6.58 Å². The minimum Gasteiger partial charge on any atom is -0.365 e. The molecule has 2 N–H and O–H groups in total. The molecule has 1 heterocycles. The van der Waals surface area contributed by atoms with E-state index >= 15 is 0 Å². The lowest BCUT2D eigenvalue weighted by Crippen LogP contribution is -2.18. The van der Waals surface area contributed by atoms with Gasteiger partial charge in [0.15, 0.2) is 0 Å². The number of carbonyl (C=O) groups is 1. The summed E-state index contributed by atoms with van der Waals surface area (Å²) >= 11 is 5.59. The second kappa shape index (κ2) is 7.31. The van der Waals surface area contributed by atoms with Gasteiger partial charge in [-0.25, -0.2) is 9.97 Å². The van der Waals surface area contributed by atoms with Gasteiger partial charge in [-0.1, -0.05) is 17.7 Å². The number of alkyl halides is 3. The van der Waals surface area contributed by atoms with E-state index in [9.17, 15) is 18.0 Å². The van der Waals surface area contributed by atoms with Crippen LogP contribution in [0.5, 0.6) is 0 Å². The van der Waals surface area contributed by atoms with Gasteiger partial charge in [0.05, 0.1) is 23.6 Å². The maximum Gasteiger partial charge on any atom is 0.418 e. The largest absolute Gasteiger partial charge is 0.418 e. The van der Waals surface area contributed by atoms with Gasteiger partial charge in [0.25, 0.3) is 5.91 Å². The number of nitrogens with zero attached hydrogens (tertiary/aromatic N) is 2. The number of nitrogens with one attached hydrogen (secondary N) is 2. The molecule has 2 rings (SSSR count). The molecular weight excluding hydrogens is 345 g/mol. The summed E-state index contributed by atoms with van der Waals surface area (Å²) in [6, 6.07) is 3.07. The topological polar surface area (TPSA) is 66.9 Å². The van der Waals surface area contributed by atoms with Gasteiger partial charge in [0.2, 0.25) is 0 Å². The SMILES string of the molecule is C=CCNc1cnc(C(=O)Nc2ccc(Cl)cc2C(F)(F)F)cn1. The highest BCUT2D eigenvalue weighted by Crippen LogP contribution is 2.36. The molecule has 5 nitrogen and oxygen atoms in total. The molecule has 1 aromatic carbocycles. The summed E-state index contributed by atoms with van der Waals surface area (Å²) < 4.78 is 39.0. The Labute approximate surface area is 140 Å². The van der Waals surface area contributed by atoms with Crippen molar-refractivity contribution in [2.45, 2.75) is 6.18 Å². The van der Waals surface area contributed by atoms with Gasteiger partial charge in [-0.05, 0) is 18.2 Å². The molecule has 0 fully saturated rings. The maximum atomic E-state index is 13.0. The van der Waals surface area contributed by atoms with Crippen LogP contribution in [0, 0.1) is 0 Å². The van der Waals surface area contributed by atoms with Gasteiger partial charge in [0, 0.05) is 11.6 Å². The van der Waals surface area contributed by atoms with E-state index in [-0.39, 0.29) is 10.7 Å². The third kappa shape index (κ3) is 4.45. The Hall–Kier alpha value is -2.61. The Bertz CT molecular complexity index is 747. The van der Waals surface area contributed by atoms with E-state index in [0.717, 1.165) is 18.3 Å². The number of halogens is 4. The molecule has 0 saturated carbocycles. The lowest BCUT2D eigenvalue weighted by atomic mass is 10.1. The van der Waals surface area contributed by atoms with Gasteiger partial charge >= 0.3 is 6.18 Å². The molecule has 0 aliphatic heterocycles. The zero-order chi connectivity index (χ0) is 17.7. The van der Waals surface area contributed by atoms with E-state index in [1.54, 1.807) is 6.08 Å². The Kier molecular flexibility index (Phi) is 5.40. The zero-order valence-electron chi connectivity index (χ0n) is 12.2. The Morgan fingerprint density at radius 1 is 1.29 bits per heavy atom. The monoisotopic (exact) mass is 356 g/mol. The van der Waals surface area contributed by atoms with Crippen molar-refractivity contribution < 1.29 is 18.0 Å². The highest BCUT2D eigenvalue weighted by atomic mass is 35.5. The fourth-order valence-electron chi connectivity index (χ4n) is 1.76. The number of hydrogen-bond donors (Lipinski definition) is 2. The minimum atomic E-state index is -4.66. The number of benzene rings is 1. The van der Waals surface area contributed by atoms with Crippen molar-refractivity contribution in [1.82, 2.24) is 9.97 Å². The molecule has 0 aliphatic rings. The predicted molar refractivity (Wildman–Crippen MR) is 85.1 cm³/mol. The number of carbonyl (C=O) groups excluding carboxylic acids is 1.